The summed E-state index contributed by atoms with van der Waals surface area (Å²) < 4.78 is 32.4. The molecule has 5 heteroatoms. The van der Waals surface area contributed by atoms with Gasteiger partial charge in [-0.15, -0.1) is 0 Å². The number of rotatable bonds is 5. The average Bonchev–Trinajstić information content (AvgIpc) is 2.89. The van der Waals surface area contributed by atoms with Crippen LogP contribution in [0.15, 0.2) is 18.2 Å². The Morgan fingerprint density at radius 3 is 2.75 bits per heavy atom. The summed E-state index contributed by atoms with van der Waals surface area (Å²) in [5.74, 6) is -2.39. The van der Waals surface area contributed by atoms with Crippen LogP contribution in [0.2, 0.25) is 0 Å². The fraction of sp³-hybridized carbons (Fsp3) is 0.533. The number of amides is 1. The highest BCUT2D eigenvalue weighted by atomic mass is 19.1. The quantitative estimate of drug-likeness (QED) is 0.902. The summed E-state index contributed by atoms with van der Waals surface area (Å²) in [5.41, 5.74) is -0.517. The van der Waals surface area contributed by atoms with Gasteiger partial charge in [0.2, 0.25) is 0 Å². The van der Waals surface area contributed by atoms with Crippen molar-refractivity contribution in [1.29, 1.82) is 0 Å². The Labute approximate surface area is 117 Å². The molecule has 0 saturated carbocycles. The number of halogens is 2. The van der Waals surface area contributed by atoms with E-state index in [1.54, 1.807) is 0 Å². The molecule has 0 aliphatic carbocycles. The van der Waals surface area contributed by atoms with E-state index in [0.717, 1.165) is 44.4 Å². The van der Waals surface area contributed by atoms with Gasteiger partial charge in [-0.2, -0.15) is 0 Å². The number of hydrogen-bond acceptors (Lipinski definition) is 2. The molecule has 0 bridgehead atoms. The van der Waals surface area contributed by atoms with Gasteiger partial charge < -0.3 is 10.1 Å². The molecule has 1 aliphatic rings. The molecular formula is C15H19F2NO2. The van der Waals surface area contributed by atoms with Crippen LogP contribution in [-0.2, 0) is 4.74 Å². The number of carbonyl (C=O) groups is 1. The lowest BCUT2D eigenvalue weighted by Crippen LogP contribution is -2.34. The van der Waals surface area contributed by atoms with E-state index in [9.17, 15) is 13.6 Å². The summed E-state index contributed by atoms with van der Waals surface area (Å²) in [6.45, 7) is 2.62. The number of benzene rings is 1. The number of hydrogen-bond donors (Lipinski definition) is 1. The Morgan fingerprint density at radius 2 is 2.15 bits per heavy atom. The predicted molar refractivity (Wildman–Crippen MR) is 71.5 cm³/mol. The van der Waals surface area contributed by atoms with Crippen LogP contribution in [0.3, 0.4) is 0 Å². The van der Waals surface area contributed by atoms with Crippen LogP contribution in [0.4, 0.5) is 8.78 Å². The smallest absolute Gasteiger partial charge is 0.257 e. The zero-order valence-corrected chi connectivity index (χ0v) is 11.5. The summed E-state index contributed by atoms with van der Waals surface area (Å²) in [4.78, 5) is 11.9. The monoisotopic (exact) mass is 283 g/mol. The van der Waals surface area contributed by atoms with Crippen LogP contribution < -0.4 is 5.32 Å². The van der Waals surface area contributed by atoms with Gasteiger partial charge in [0.05, 0.1) is 6.10 Å². The van der Waals surface area contributed by atoms with E-state index >= 15 is 0 Å². The molecular weight excluding hydrogens is 264 g/mol. The van der Waals surface area contributed by atoms with Gasteiger partial charge in [-0.3, -0.25) is 4.79 Å². The van der Waals surface area contributed by atoms with Crippen LogP contribution in [0.5, 0.6) is 0 Å². The van der Waals surface area contributed by atoms with Crippen molar-refractivity contribution < 1.29 is 18.3 Å². The van der Waals surface area contributed by atoms with Gasteiger partial charge in [0.15, 0.2) is 0 Å². The van der Waals surface area contributed by atoms with Crippen LogP contribution in [0, 0.1) is 11.6 Å². The molecule has 0 spiro atoms. The minimum absolute atomic E-state index is 0.147. The molecule has 1 heterocycles. The second-order valence-corrected chi connectivity index (χ2v) is 5.18. The van der Waals surface area contributed by atoms with Crippen LogP contribution >= 0.6 is 0 Å². The van der Waals surface area contributed by atoms with Gasteiger partial charge >= 0.3 is 0 Å². The third-order valence-electron chi connectivity index (χ3n) is 3.51. The first-order valence-electron chi connectivity index (χ1n) is 6.94. The SMILES string of the molecule is C[C@@H](CC[C@H]1CCCO1)NC(=O)c1c(F)cccc1F. The molecule has 1 saturated heterocycles. The Balaban J connectivity index is 1.87. The Morgan fingerprint density at radius 1 is 1.45 bits per heavy atom. The summed E-state index contributed by atoms with van der Waals surface area (Å²) in [6, 6.07) is 3.25. The van der Waals surface area contributed by atoms with E-state index in [4.69, 9.17) is 4.74 Å². The maximum absolute atomic E-state index is 13.5. The summed E-state index contributed by atoms with van der Waals surface area (Å²) in [7, 11) is 0. The van der Waals surface area contributed by atoms with Gasteiger partial charge in [-0.25, -0.2) is 8.78 Å². The van der Waals surface area contributed by atoms with Crippen LogP contribution in [0.1, 0.15) is 43.0 Å². The molecule has 2 rings (SSSR count). The van der Waals surface area contributed by atoms with Gasteiger partial charge in [-0.1, -0.05) is 6.07 Å². The number of nitrogens with one attached hydrogen (secondary N) is 1. The molecule has 20 heavy (non-hydrogen) atoms. The molecule has 1 aliphatic heterocycles. The highest BCUT2D eigenvalue weighted by molar-refractivity contribution is 5.94. The van der Waals surface area contributed by atoms with E-state index in [1.807, 2.05) is 6.92 Å². The fourth-order valence-electron chi connectivity index (χ4n) is 2.39. The van der Waals surface area contributed by atoms with Crippen molar-refractivity contribution in [3.8, 4) is 0 Å². The molecule has 0 aromatic heterocycles. The molecule has 110 valence electrons. The van der Waals surface area contributed by atoms with Crippen LogP contribution in [-0.4, -0.2) is 24.7 Å². The first-order chi connectivity index (χ1) is 9.58. The van der Waals surface area contributed by atoms with Crippen molar-refractivity contribution in [3.05, 3.63) is 35.4 Å². The molecule has 1 aromatic rings. The molecule has 0 unspecified atom stereocenters. The maximum atomic E-state index is 13.5. The molecule has 2 atom stereocenters. The van der Waals surface area contributed by atoms with Gasteiger partial charge in [0, 0.05) is 12.6 Å². The lowest BCUT2D eigenvalue weighted by atomic mass is 10.1. The van der Waals surface area contributed by atoms with E-state index < -0.39 is 23.1 Å². The fourth-order valence-corrected chi connectivity index (χ4v) is 2.39. The van der Waals surface area contributed by atoms with Gasteiger partial charge in [-0.05, 0) is 44.7 Å². The highest BCUT2D eigenvalue weighted by Gasteiger charge is 2.20. The molecule has 0 radical (unpaired) electrons. The third-order valence-corrected chi connectivity index (χ3v) is 3.51. The number of ether oxygens (including phenoxy) is 1. The van der Waals surface area contributed by atoms with E-state index in [0.29, 0.717) is 0 Å². The minimum Gasteiger partial charge on any atom is -0.378 e. The third kappa shape index (κ3) is 3.76. The molecule has 3 nitrogen and oxygen atoms in total. The van der Waals surface area contributed by atoms with Crippen molar-refractivity contribution in [2.75, 3.05) is 6.61 Å². The Hall–Kier alpha value is -1.49. The summed E-state index contributed by atoms with van der Waals surface area (Å²) >= 11 is 0. The lowest BCUT2D eigenvalue weighted by Gasteiger charge is -2.16. The Kier molecular flexibility index (Phi) is 5.06. The normalized spacial score (nSPS) is 19.9. The zero-order chi connectivity index (χ0) is 14.5. The largest absolute Gasteiger partial charge is 0.378 e. The topological polar surface area (TPSA) is 38.3 Å². The van der Waals surface area contributed by atoms with Crippen molar-refractivity contribution in [1.82, 2.24) is 5.32 Å². The van der Waals surface area contributed by atoms with Crippen molar-refractivity contribution >= 4 is 5.91 Å². The second kappa shape index (κ2) is 6.79. The van der Waals surface area contributed by atoms with Gasteiger partial charge in [0.25, 0.3) is 5.91 Å². The van der Waals surface area contributed by atoms with Crippen molar-refractivity contribution in [2.45, 2.75) is 44.8 Å². The standard InChI is InChI=1S/C15H19F2NO2/c1-10(7-8-11-4-3-9-20-11)18-15(19)14-12(16)5-2-6-13(14)17/h2,5-6,10-11H,3-4,7-9H2,1H3,(H,18,19)/t10-,11+/m0/s1. The van der Waals surface area contributed by atoms with E-state index in [-0.39, 0.29) is 12.1 Å². The molecule has 1 fully saturated rings. The van der Waals surface area contributed by atoms with E-state index in [1.165, 1.54) is 6.07 Å². The maximum Gasteiger partial charge on any atom is 0.257 e. The molecule has 1 N–H and O–H groups in total. The van der Waals surface area contributed by atoms with Crippen molar-refractivity contribution in [2.24, 2.45) is 0 Å². The highest BCUT2D eigenvalue weighted by Crippen LogP contribution is 2.18. The average molecular weight is 283 g/mol. The number of carbonyl (C=O) groups excluding carboxylic acids is 1. The van der Waals surface area contributed by atoms with Gasteiger partial charge in [0.1, 0.15) is 17.2 Å². The first kappa shape index (κ1) is 14.9. The second-order valence-electron chi connectivity index (χ2n) is 5.18. The Bertz CT molecular complexity index is 453. The minimum atomic E-state index is -0.839. The summed E-state index contributed by atoms with van der Waals surface area (Å²) in [5, 5.41) is 2.63. The van der Waals surface area contributed by atoms with Crippen LogP contribution in [0.25, 0.3) is 0 Å². The zero-order valence-electron chi connectivity index (χ0n) is 11.5. The lowest BCUT2D eigenvalue weighted by molar-refractivity contribution is 0.0892. The molecule has 1 aromatic carbocycles. The van der Waals surface area contributed by atoms with E-state index in [2.05, 4.69) is 5.32 Å². The predicted octanol–water partition coefficient (Wildman–Crippen LogP) is 3.04. The van der Waals surface area contributed by atoms with Crippen molar-refractivity contribution in [3.63, 3.8) is 0 Å². The molecule has 1 amide bonds. The first-order valence-corrected chi connectivity index (χ1v) is 6.94. The summed E-state index contributed by atoms with van der Waals surface area (Å²) in [6.07, 6.45) is 3.95.